The lowest BCUT2D eigenvalue weighted by Gasteiger charge is -2.20. The van der Waals surface area contributed by atoms with Crippen molar-refractivity contribution in [2.45, 2.75) is 19.1 Å². The third-order valence-corrected chi connectivity index (χ3v) is 2.78. The maximum Gasteiger partial charge on any atom is 0.216 e. The molecule has 5 nitrogen and oxygen atoms in total. The summed E-state index contributed by atoms with van der Waals surface area (Å²) in [7, 11) is 0. The third-order valence-electron chi connectivity index (χ3n) is 2.45. The predicted octanol–water partition coefficient (Wildman–Crippen LogP) is 0.683. The second-order valence-corrected chi connectivity index (χ2v) is 4.22. The molecule has 1 rings (SSSR count). The molecule has 0 fully saturated rings. The second kappa shape index (κ2) is 6.49. The number of halogens is 1. The van der Waals surface area contributed by atoms with Gasteiger partial charge >= 0.3 is 0 Å². The molecule has 0 aliphatic carbocycles. The van der Waals surface area contributed by atoms with Crippen LogP contribution in [-0.4, -0.2) is 35.1 Å². The summed E-state index contributed by atoms with van der Waals surface area (Å²) in [6.45, 7) is 1.19. The fourth-order valence-corrected chi connectivity index (χ4v) is 1.73. The van der Waals surface area contributed by atoms with Gasteiger partial charge in [-0.15, -0.1) is 0 Å². The Labute approximate surface area is 109 Å². The molecule has 0 aliphatic heterocycles. The minimum Gasteiger partial charge on any atom is -0.388 e. The van der Waals surface area contributed by atoms with Crippen LogP contribution < -0.4 is 5.32 Å². The van der Waals surface area contributed by atoms with Gasteiger partial charge in [0.1, 0.15) is 12.2 Å². The van der Waals surface area contributed by atoms with Crippen LogP contribution in [0.15, 0.2) is 18.2 Å². The fourth-order valence-electron chi connectivity index (χ4n) is 1.50. The molecule has 1 amide bonds. The molecule has 18 heavy (non-hydrogen) atoms. The van der Waals surface area contributed by atoms with E-state index in [1.807, 2.05) is 0 Å². The first-order valence-electron chi connectivity index (χ1n) is 5.31. The third kappa shape index (κ3) is 3.53. The number of carbonyl (C=O) groups excluding carboxylic acids is 2. The molecule has 0 aromatic heterocycles. The van der Waals surface area contributed by atoms with Crippen LogP contribution >= 0.6 is 11.6 Å². The van der Waals surface area contributed by atoms with Gasteiger partial charge in [0.25, 0.3) is 0 Å². The van der Waals surface area contributed by atoms with Crippen LogP contribution in [0.5, 0.6) is 0 Å². The van der Waals surface area contributed by atoms with Crippen molar-refractivity contribution in [2.75, 3.05) is 6.54 Å². The average molecular weight is 272 g/mol. The van der Waals surface area contributed by atoms with Gasteiger partial charge in [0.2, 0.25) is 5.91 Å². The maximum atomic E-state index is 10.9. The Bertz CT molecular complexity index is 450. The highest BCUT2D eigenvalue weighted by Gasteiger charge is 2.22. The Kier molecular flexibility index (Phi) is 5.27. The van der Waals surface area contributed by atoms with E-state index < -0.39 is 12.2 Å². The topological polar surface area (TPSA) is 86.6 Å². The first kappa shape index (κ1) is 14.6. The number of benzene rings is 1. The number of aliphatic hydroxyl groups is 2. The zero-order chi connectivity index (χ0) is 13.7. The van der Waals surface area contributed by atoms with E-state index in [0.717, 1.165) is 0 Å². The molecule has 0 radical (unpaired) electrons. The molecule has 6 heteroatoms. The van der Waals surface area contributed by atoms with Gasteiger partial charge < -0.3 is 15.5 Å². The predicted molar refractivity (Wildman–Crippen MR) is 66.5 cm³/mol. The first-order valence-corrected chi connectivity index (χ1v) is 5.69. The highest BCUT2D eigenvalue weighted by Crippen LogP contribution is 2.25. The minimum atomic E-state index is -1.30. The van der Waals surface area contributed by atoms with Crippen molar-refractivity contribution < 1.29 is 19.8 Å². The summed E-state index contributed by atoms with van der Waals surface area (Å²) in [6, 6.07) is 4.58. The van der Waals surface area contributed by atoms with Gasteiger partial charge in [-0.1, -0.05) is 23.7 Å². The Morgan fingerprint density at radius 2 is 2.17 bits per heavy atom. The Balaban J connectivity index is 2.89. The zero-order valence-electron chi connectivity index (χ0n) is 9.76. The van der Waals surface area contributed by atoms with E-state index in [1.54, 1.807) is 6.07 Å². The van der Waals surface area contributed by atoms with E-state index in [9.17, 15) is 19.8 Å². The first-order chi connectivity index (χ1) is 8.47. The van der Waals surface area contributed by atoms with Gasteiger partial charge in [-0.2, -0.15) is 0 Å². The molecule has 0 spiro atoms. The molecule has 0 saturated heterocycles. The van der Waals surface area contributed by atoms with Gasteiger partial charge in [-0.25, -0.2) is 0 Å². The summed E-state index contributed by atoms with van der Waals surface area (Å²) in [5, 5.41) is 22.2. The molecule has 1 aromatic carbocycles. The number of aldehydes is 1. The number of rotatable bonds is 5. The largest absolute Gasteiger partial charge is 0.388 e. The van der Waals surface area contributed by atoms with E-state index in [1.165, 1.54) is 19.1 Å². The van der Waals surface area contributed by atoms with Gasteiger partial charge in [0.05, 0.1) is 5.02 Å². The summed E-state index contributed by atoms with van der Waals surface area (Å²) in [5.74, 6) is -0.317. The Morgan fingerprint density at radius 3 is 2.72 bits per heavy atom. The number of aliphatic hydroxyl groups excluding tert-OH is 2. The van der Waals surface area contributed by atoms with E-state index in [4.69, 9.17) is 11.6 Å². The normalized spacial score (nSPS) is 13.8. The number of nitrogens with one attached hydrogen (secondary N) is 1. The summed E-state index contributed by atoms with van der Waals surface area (Å²) in [4.78, 5) is 21.6. The van der Waals surface area contributed by atoms with Crippen molar-refractivity contribution >= 4 is 23.8 Å². The smallest absolute Gasteiger partial charge is 0.216 e. The van der Waals surface area contributed by atoms with Crippen molar-refractivity contribution in [1.82, 2.24) is 5.32 Å². The van der Waals surface area contributed by atoms with Crippen LogP contribution in [0.4, 0.5) is 0 Å². The summed E-state index contributed by atoms with van der Waals surface area (Å²) < 4.78 is 0. The molecule has 0 aliphatic rings. The van der Waals surface area contributed by atoms with Gasteiger partial charge in [-0.05, 0) is 11.6 Å². The molecule has 3 N–H and O–H groups in total. The molecule has 98 valence electrons. The van der Waals surface area contributed by atoms with E-state index in [2.05, 4.69) is 5.32 Å². The summed E-state index contributed by atoms with van der Waals surface area (Å²) >= 11 is 5.81. The van der Waals surface area contributed by atoms with Crippen LogP contribution in [0.2, 0.25) is 5.02 Å². The Morgan fingerprint density at radius 1 is 1.50 bits per heavy atom. The maximum absolute atomic E-state index is 10.9. The van der Waals surface area contributed by atoms with Crippen LogP contribution in [0.1, 0.15) is 28.9 Å². The lowest BCUT2D eigenvalue weighted by Crippen LogP contribution is -2.34. The molecule has 0 saturated carbocycles. The standard InChI is InChI=1S/C12H14ClNO4/c1-7(16)14-5-11(17)12(18)8-3-2-4-10(13)9(8)6-15/h2-4,6,11-12,17-18H,5H2,1H3,(H,14,16). The molecular formula is C12H14ClNO4. The summed E-state index contributed by atoms with van der Waals surface area (Å²) in [6.07, 6.45) is -1.99. The SMILES string of the molecule is CC(=O)NCC(O)C(O)c1cccc(Cl)c1C=O. The molecule has 0 heterocycles. The summed E-state index contributed by atoms with van der Waals surface area (Å²) in [5.41, 5.74) is 0.365. The molecule has 2 unspecified atom stereocenters. The molecule has 2 atom stereocenters. The lowest BCUT2D eigenvalue weighted by atomic mass is 9.99. The molecule has 1 aromatic rings. The lowest BCUT2D eigenvalue weighted by molar-refractivity contribution is -0.119. The number of carbonyl (C=O) groups is 2. The fraction of sp³-hybridized carbons (Fsp3) is 0.333. The average Bonchev–Trinajstić information content (AvgIpc) is 2.34. The van der Waals surface area contributed by atoms with Crippen molar-refractivity contribution in [3.05, 3.63) is 34.3 Å². The van der Waals surface area contributed by atoms with Crippen LogP contribution in [0.25, 0.3) is 0 Å². The molecule has 0 bridgehead atoms. The number of hydrogen-bond donors (Lipinski definition) is 3. The van der Waals surface area contributed by atoms with E-state index in [0.29, 0.717) is 6.29 Å². The quantitative estimate of drug-likeness (QED) is 0.688. The second-order valence-electron chi connectivity index (χ2n) is 3.81. The molecular weight excluding hydrogens is 258 g/mol. The Hall–Kier alpha value is -1.43. The van der Waals surface area contributed by atoms with E-state index in [-0.39, 0.29) is 28.6 Å². The highest BCUT2D eigenvalue weighted by molar-refractivity contribution is 6.33. The van der Waals surface area contributed by atoms with Crippen molar-refractivity contribution in [3.8, 4) is 0 Å². The van der Waals surface area contributed by atoms with Crippen LogP contribution in [0.3, 0.4) is 0 Å². The van der Waals surface area contributed by atoms with Gasteiger partial charge in [0, 0.05) is 19.0 Å². The van der Waals surface area contributed by atoms with Crippen molar-refractivity contribution in [3.63, 3.8) is 0 Å². The van der Waals surface area contributed by atoms with Gasteiger partial charge in [-0.3, -0.25) is 9.59 Å². The number of hydrogen-bond acceptors (Lipinski definition) is 4. The van der Waals surface area contributed by atoms with Crippen LogP contribution in [-0.2, 0) is 4.79 Å². The monoisotopic (exact) mass is 271 g/mol. The van der Waals surface area contributed by atoms with Crippen LogP contribution in [0, 0.1) is 0 Å². The number of amides is 1. The van der Waals surface area contributed by atoms with Gasteiger partial charge in [0.15, 0.2) is 6.29 Å². The van der Waals surface area contributed by atoms with Crippen molar-refractivity contribution in [2.24, 2.45) is 0 Å². The van der Waals surface area contributed by atoms with Crippen molar-refractivity contribution in [1.29, 1.82) is 0 Å². The highest BCUT2D eigenvalue weighted by atomic mass is 35.5. The zero-order valence-corrected chi connectivity index (χ0v) is 10.5. The minimum absolute atomic E-state index is 0.110. The van der Waals surface area contributed by atoms with E-state index >= 15 is 0 Å².